The minimum atomic E-state index is -0.768. The Balaban J connectivity index is 1.64. The van der Waals surface area contributed by atoms with Crippen molar-refractivity contribution >= 4 is 11.9 Å². The van der Waals surface area contributed by atoms with E-state index in [0.717, 1.165) is 19.3 Å². The number of nitrogens with zero attached hydrogens (tertiary/aromatic N) is 2. The van der Waals surface area contributed by atoms with Crippen molar-refractivity contribution in [3.8, 4) is 0 Å². The summed E-state index contributed by atoms with van der Waals surface area (Å²) in [5.41, 5.74) is 0. The number of carboxylic acid groups (broad SMARTS) is 1. The normalized spacial score (nSPS) is 21.0. The highest BCUT2D eigenvalue weighted by molar-refractivity contribution is 5.76. The van der Waals surface area contributed by atoms with Crippen LogP contribution in [0.2, 0.25) is 0 Å². The predicted octanol–water partition coefficient (Wildman–Crippen LogP) is 1.71. The molecule has 0 saturated heterocycles. The summed E-state index contributed by atoms with van der Waals surface area (Å²) in [4.78, 5) is 27.0. The smallest absolute Gasteiger partial charge is 0.306 e. The molecular weight excluding hydrogens is 286 g/mol. The minimum absolute atomic E-state index is 0.00633. The Hall–Kier alpha value is -1.92. The zero-order valence-electron chi connectivity index (χ0n) is 12.9. The second-order valence-corrected chi connectivity index (χ2v) is 5.82. The highest BCUT2D eigenvalue weighted by Gasteiger charge is 2.30. The maximum atomic E-state index is 11.8. The van der Waals surface area contributed by atoms with Gasteiger partial charge in [0.15, 0.2) is 5.82 Å². The van der Waals surface area contributed by atoms with Gasteiger partial charge in [0.1, 0.15) is 0 Å². The van der Waals surface area contributed by atoms with Crippen LogP contribution in [0.4, 0.5) is 0 Å². The molecule has 0 spiro atoms. The topological polar surface area (TPSA) is 105 Å². The van der Waals surface area contributed by atoms with Crippen molar-refractivity contribution in [2.45, 2.75) is 64.3 Å². The largest absolute Gasteiger partial charge is 0.481 e. The molecule has 1 fully saturated rings. The summed E-state index contributed by atoms with van der Waals surface area (Å²) in [5, 5.41) is 15.7. The monoisotopic (exact) mass is 309 g/mol. The van der Waals surface area contributed by atoms with Gasteiger partial charge in [-0.2, -0.15) is 4.98 Å². The molecule has 7 heteroatoms. The summed E-state index contributed by atoms with van der Waals surface area (Å²) in [6.45, 7) is 2.05. The maximum absolute atomic E-state index is 11.8. The molecule has 2 N–H and O–H groups in total. The molecule has 0 bridgehead atoms. The molecule has 1 aliphatic rings. The summed E-state index contributed by atoms with van der Waals surface area (Å²) >= 11 is 0. The van der Waals surface area contributed by atoms with Gasteiger partial charge in [-0.3, -0.25) is 9.59 Å². The van der Waals surface area contributed by atoms with Gasteiger partial charge in [0, 0.05) is 25.3 Å². The van der Waals surface area contributed by atoms with Gasteiger partial charge >= 0.3 is 5.97 Å². The number of nitrogens with one attached hydrogen (secondary N) is 1. The van der Waals surface area contributed by atoms with Crippen LogP contribution >= 0.6 is 0 Å². The van der Waals surface area contributed by atoms with E-state index < -0.39 is 5.97 Å². The number of hydrogen-bond donors (Lipinski definition) is 2. The zero-order valence-corrected chi connectivity index (χ0v) is 12.9. The molecule has 1 heterocycles. The maximum Gasteiger partial charge on any atom is 0.306 e. The van der Waals surface area contributed by atoms with E-state index in [-0.39, 0.29) is 17.9 Å². The van der Waals surface area contributed by atoms with Gasteiger partial charge < -0.3 is 14.9 Å². The van der Waals surface area contributed by atoms with Gasteiger partial charge in [-0.05, 0) is 32.1 Å². The van der Waals surface area contributed by atoms with Crippen molar-refractivity contribution < 1.29 is 19.2 Å². The van der Waals surface area contributed by atoms with E-state index in [2.05, 4.69) is 22.4 Å². The van der Waals surface area contributed by atoms with E-state index in [1.807, 2.05) is 0 Å². The van der Waals surface area contributed by atoms with E-state index in [4.69, 9.17) is 9.63 Å². The van der Waals surface area contributed by atoms with Crippen molar-refractivity contribution in [3.63, 3.8) is 0 Å². The van der Waals surface area contributed by atoms with Crippen LogP contribution in [0.3, 0.4) is 0 Å². The third kappa shape index (κ3) is 4.82. The number of aliphatic carboxylic acids is 1. The first kappa shape index (κ1) is 16.5. The Bertz CT molecular complexity index is 515. The number of carbonyl (C=O) groups excluding carboxylic acids is 1. The van der Waals surface area contributed by atoms with Crippen LogP contribution in [0.25, 0.3) is 0 Å². The lowest BCUT2D eigenvalue weighted by atomic mass is 10.1. The Morgan fingerprint density at radius 3 is 2.86 bits per heavy atom. The molecule has 0 unspecified atom stereocenters. The number of carboxylic acids is 1. The van der Waals surface area contributed by atoms with Gasteiger partial charge in [-0.25, -0.2) is 0 Å². The number of aryl methyl sites for hydroxylation is 2. The summed E-state index contributed by atoms with van der Waals surface area (Å²) in [5.74, 6) is 0.164. The Morgan fingerprint density at radius 1 is 1.36 bits per heavy atom. The second-order valence-electron chi connectivity index (χ2n) is 5.82. The molecule has 7 nitrogen and oxygen atoms in total. The summed E-state index contributed by atoms with van der Waals surface area (Å²) in [7, 11) is 0. The number of aromatic nitrogens is 2. The third-order valence-corrected chi connectivity index (χ3v) is 3.93. The second kappa shape index (κ2) is 7.91. The minimum Gasteiger partial charge on any atom is -0.481 e. The molecular formula is C15H23N3O4. The first-order valence-electron chi connectivity index (χ1n) is 7.92. The van der Waals surface area contributed by atoms with E-state index in [1.165, 1.54) is 0 Å². The standard InChI is InChI=1S/C15H23N3O4/c1-2-4-12-17-14(22-18-12)6-3-5-13(19)16-11-8-7-10(9-11)15(20)21/h10-11H,2-9H2,1H3,(H,16,19)(H,20,21)/t10-,11+/m1/s1. The fourth-order valence-electron chi connectivity index (χ4n) is 2.75. The molecule has 1 aromatic rings. The summed E-state index contributed by atoms with van der Waals surface area (Å²) < 4.78 is 5.11. The Kier molecular flexibility index (Phi) is 5.91. The van der Waals surface area contributed by atoms with E-state index in [0.29, 0.717) is 43.8 Å². The number of rotatable bonds is 8. The number of carbonyl (C=O) groups is 2. The van der Waals surface area contributed by atoms with Gasteiger partial charge in [-0.15, -0.1) is 0 Å². The lowest BCUT2D eigenvalue weighted by molar-refractivity contribution is -0.141. The lowest BCUT2D eigenvalue weighted by Crippen LogP contribution is -2.33. The fraction of sp³-hybridized carbons (Fsp3) is 0.733. The Labute approximate surface area is 129 Å². The van der Waals surface area contributed by atoms with Crippen LogP contribution in [0.1, 0.15) is 57.2 Å². The molecule has 0 aromatic carbocycles. The Morgan fingerprint density at radius 2 is 2.18 bits per heavy atom. The SMILES string of the molecule is CCCc1noc(CCCC(=O)N[C@H]2CC[C@@H](C(=O)O)C2)n1. The molecule has 1 amide bonds. The lowest BCUT2D eigenvalue weighted by Gasteiger charge is -2.11. The van der Waals surface area contributed by atoms with Crippen molar-refractivity contribution in [1.82, 2.24) is 15.5 Å². The third-order valence-electron chi connectivity index (χ3n) is 3.93. The van der Waals surface area contributed by atoms with Crippen molar-refractivity contribution in [2.24, 2.45) is 5.92 Å². The van der Waals surface area contributed by atoms with Gasteiger partial charge in [-0.1, -0.05) is 12.1 Å². The van der Waals surface area contributed by atoms with Gasteiger partial charge in [0.2, 0.25) is 11.8 Å². The molecule has 22 heavy (non-hydrogen) atoms. The van der Waals surface area contributed by atoms with E-state index in [9.17, 15) is 9.59 Å². The highest BCUT2D eigenvalue weighted by Crippen LogP contribution is 2.25. The van der Waals surface area contributed by atoms with Gasteiger partial charge in [0.05, 0.1) is 5.92 Å². The molecule has 2 atom stereocenters. The average molecular weight is 309 g/mol. The van der Waals surface area contributed by atoms with Crippen molar-refractivity contribution in [1.29, 1.82) is 0 Å². The fourth-order valence-corrected chi connectivity index (χ4v) is 2.75. The van der Waals surface area contributed by atoms with Crippen molar-refractivity contribution in [3.05, 3.63) is 11.7 Å². The first-order chi connectivity index (χ1) is 10.6. The van der Waals surface area contributed by atoms with Crippen LogP contribution in [0.5, 0.6) is 0 Å². The first-order valence-corrected chi connectivity index (χ1v) is 7.92. The molecule has 122 valence electrons. The van der Waals surface area contributed by atoms with Crippen LogP contribution in [-0.4, -0.2) is 33.2 Å². The van der Waals surface area contributed by atoms with Crippen LogP contribution < -0.4 is 5.32 Å². The van der Waals surface area contributed by atoms with Crippen LogP contribution in [0, 0.1) is 5.92 Å². The number of hydrogen-bond acceptors (Lipinski definition) is 5. The van der Waals surface area contributed by atoms with E-state index in [1.54, 1.807) is 0 Å². The van der Waals surface area contributed by atoms with E-state index >= 15 is 0 Å². The van der Waals surface area contributed by atoms with Crippen molar-refractivity contribution in [2.75, 3.05) is 0 Å². The quantitative estimate of drug-likeness (QED) is 0.757. The van der Waals surface area contributed by atoms with Gasteiger partial charge in [0.25, 0.3) is 0 Å². The predicted molar refractivity (Wildman–Crippen MR) is 78.1 cm³/mol. The highest BCUT2D eigenvalue weighted by atomic mass is 16.5. The van der Waals surface area contributed by atoms with Crippen LogP contribution in [-0.2, 0) is 22.4 Å². The molecule has 1 aromatic heterocycles. The molecule has 0 radical (unpaired) electrons. The average Bonchev–Trinajstić information content (AvgIpc) is 3.09. The molecule has 2 rings (SSSR count). The molecule has 1 saturated carbocycles. The molecule has 0 aliphatic heterocycles. The number of amides is 1. The molecule has 1 aliphatic carbocycles. The zero-order chi connectivity index (χ0) is 15.9. The summed E-state index contributed by atoms with van der Waals surface area (Å²) in [6, 6.07) is -0.00633. The van der Waals surface area contributed by atoms with Crippen LogP contribution in [0.15, 0.2) is 4.52 Å². The summed E-state index contributed by atoms with van der Waals surface area (Å²) in [6.07, 6.45) is 5.32.